The van der Waals surface area contributed by atoms with Gasteiger partial charge in [-0.25, -0.2) is 4.79 Å². The molecule has 0 radical (unpaired) electrons. The number of para-hydroxylation sites is 1. The third-order valence-corrected chi connectivity index (χ3v) is 6.19. The number of hydrogen-bond acceptors (Lipinski definition) is 4. The van der Waals surface area contributed by atoms with Gasteiger partial charge in [-0.3, -0.25) is 4.79 Å². The molecule has 2 heterocycles. The summed E-state index contributed by atoms with van der Waals surface area (Å²) in [6, 6.07) is 17.3. The molecule has 0 aromatic heterocycles. The number of fused-ring (bicyclic) bond motifs is 1. The van der Waals surface area contributed by atoms with Crippen molar-refractivity contribution in [3.8, 4) is 11.5 Å². The first-order chi connectivity index (χ1) is 17.2. The minimum Gasteiger partial charge on any atom is -0.457 e. The second-order valence-electron chi connectivity index (χ2n) is 8.60. The first-order valence-electron chi connectivity index (χ1n) is 11.2. The zero-order chi connectivity index (χ0) is 25.4. The highest BCUT2D eigenvalue weighted by atomic mass is 19.4. The van der Waals surface area contributed by atoms with Crippen LogP contribution < -0.4 is 10.1 Å². The molecule has 3 aromatic rings. The van der Waals surface area contributed by atoms with Crippen molar-refractivity contribution in [1.82, 2.24) is 4.90 Å². The Bertz CT molecular complexity index is 1370. The fraction of sp³-hybridized carbons (Fsp3) is 0.185. The van der Waals surface area contributed by atoms with Crippen molar-refractivity contribution < 1.29 is 32.2 Å². The van der Waals surface area contributed by atoms with E-state index in [9.17, 15) is 22.8 Å². The number of carbonyl (C=O) groups excluding carboxylic acids is 2. The van der Waals surface area contributed by atoms with Gasteiger partial charge >= 0.3 is 12.3 Å². The fourth-order valence-electron chi connectivity index (χ4n) is 4.22. The van der Waals surface area contributed by atoms with E-state index in [0.29, 0.717) is 23.2 Å². The molecule has 0 aliphatic carbocycles. The molecule has 1 saturated heterocycles. The van der Waals surface area contributed by atoms with Crippen molar-refractivity contribution in [2.75, 3.05) is 19.0 Å². The number of anilines is 1. The van der Waals surface area contributed by atoms with Crippen molar-refractivity contribution >= 4 is 29.3 Å². The highest BCUT2D eigenvalue weighted by Crippen LogP contribution is 2.40. The molecule has 5 rings (SSSR count). The quantitative estimate of drug-likeness (QED) is 0.443. The molecule has 9 heteroatoms. The number of halogens is 3. The monoisotopic (exact) mass is 494 g/mol. The van der Waals surface area contributed by atoms with Crippen LogP contribution in [-0.4, -0.2) is 36.6 Å². The van der Waals surface area contributed by atoms with Gasteiger partial charge in [0.15, 0.2) is 0 Å². The van der Waals surface area contributed by atoms with Gasteiger partial charge in [0.25, 0.3) is 5.91 Å². The van der Waals surface area contributed by atoms with E-state index in [1.54, 1.807) is 55.6 Å². The minimum absolute atomic E-state index is 0.100. The number of nitrogens with zero attached hydrogens (tertiary/aromatic N) is 1. The Morgan fingerprint density at radius 2 is 1.83 bits per heavy atom. The van der Waals surface area contributed by atoms with Gasteiger partial charge in [0, 0.05) is 23.9 Å². The number of alkyl halides is 3. The van der Waals surface area contributed by atoms with E-state index in [4.69, 9.17) is 9.47 Å². The maximum absolute atomic E-state index is 13.9. The summed E-state index contributed by atoms with van der Waals surface area (Å²) in [5.74, 6) is -0.473. The lowest BCUT2D eigenvalue weighted by Gasteiger charge is -2.17. The first kappa shape index (κ1) is 23.5. The lowest BCUT2D eigenvalue weighted by Crippen LogP contribution is -2.30. The van der Waals surface area contributed by atoms with Gasteiger partial charge in [0.05, 0.1) is 11.6 Å². The van der Waals surface area contributed by atoms with Crippen molar-refractivity contribution in [3.05, 3.63) is 89.0 Å². The molecule has 184 valence electrons. The van der Waals surface area contributed by atoms with E-state index in [1.807, 2.05) is 0 Å². The van der Waals surface area contributed by atoms with E-state index in [1.165, 1.54) is 23.1 Å². The SMILES string of the molecule is CN1C(=O)OCC1Cc1ccc(Oc2ccc(/C=C3/C(=O)Nc4ccccc43)cc2C(F)(F)F)cc1. The summed E-state index contributed by atoms with van der Waals surface area (Å²) >= 11 is 0. The lowest BCUT2D eigenvalue weighted by molar-refractivity contribution is -0.138. The average molecular weight is 494 g/mol. The molecule has 36 heavy (non-hydrogen) atoms. The van der Waals surface area contributed by atoms with E-state index in [2.05, 4.69) is 5.32 Å². The van der Waals surface area contributed by atoms with E-state index < -0.39 is 11.7 Å². The Morgan fingerprint density at radius 1 is 1.08 bits per heavy atom. The van der Waals surface area contributed by atoms with E-state index >= 15 is 0 Å². The second kappa shape index (κ2) is 9.07. The Hall–Kier alpha value is -4.27. The minimum atomic E-state index is -4.67. The zero-order valence-electron chi connectivity index (χ0n) is 19.1. The maximum atomic E-state index is 13.9. The second-order valence-corrected chi connectivity index (χ2v) is 8.60. The summed E-state index contributed by atoms with van der Waals surface area (Å²) in [6.07, 6.45) is -3.06. The van der Waals surface area contributed by atoms with Crippen LogP contribution in [0.25, 0.3) is 11.6 Å². The van der Waals surface area contributed by atoms with Crippen molar-refractivity contribution in [2.45, 2.75) is 18.6 Å². The van der Waals surface area contributed by atoms with E-state index in [0.717, 1.165) is 11.6 Å². The van der Waals surface area contributed by atoms with Gasteiger partial charge in [-0.15, -0.1) is 0 Å². The van der Waals surface area contributed by atoms with Crippen LogP contribution in [0, 0.1) is 0 Å². The van der Waals surface area contributed by atoms with Crippen molar-refractivity contribution in [3.63, 3.8) is 0 Å². The molecule has 1 atom stereocenters. The van der Waals surface area contributed by atoms with Crippen LogP contribution in [0.4, 0.5) is 23.7 Å². The molecular formula is C27H21F3N2O4. The fourth-order valence-corrected chi connectivity index (χ4v) is 4.22. The van der Waals surface area contributed by atoms with Crippen LogP contribution in [-0.2, 0) is 22.1 Å². The van der Waals surface area contributed by atoms with Gasteiger partial charge in [-0.1, -0.05) is 36.4 Å². The average Bonchev–Trinajstić information content (AvgIpc) is 3.33. The predicted octanol–water partition coefficient (Wildman–Crippen LogP) is 5.98. The van der Waals surface area contributed by atoms with Gasteiger partial charge < -0.3 is 19.7 Å². The summed E-state index contributed by atoms with van der Waals surface area (Å²) in [4.78, 5) is 25.4. The van der Waals surface area contributed by atoms with E-state index in [-0.39, 0.29) is 41.7 Å². The Kier molecular flexibility index (Phi) is 5.91. The number of amides is 2. The molecular weight excluding hydrogens is 473 g/mol. The van der Waals surface area contributed by atoms with Crippen LogP contribution >= 0.6 is 0 Å². The third-order valence-electron chi connectivity index (χ3n) is 6.19. The normalized spacial score (nSPS) is 18.3. The molecule has 2 aliphatic heterocycles. The third kappa shape index (κ3) is 4.64. The summed E-state index contributed by atoms with van der Waals surface area (Å²) in [5, 5.41) is 2.71. The van der Waals surface area contributed by atoms with Gasteiger partial charge in [0.1, 0.15) is 18.1 Å². The summed E-state index contributed by atoms with van der Waals surface area (Å²) in [6.45, 7) is 0.290. The summed E-state index contributed by atoms with van der Waals surface area (Å²) in [7, 11) is 1.66. The molecule has 0 saturated carbocycles. The maximum Gasteiger partial charge on any atom is 0.420 e. The van der Waals surface area contributed by atoms with Gasteiger partial charge in [0.2, 0.25) is 0 Å². The van der Waals surface area contributed by atoms with Crippen LogP contribution in [0.2, 0.25) is 0 Å². The molecule has 1 fully saturated rings. The zero-order valence-corrected chi connectivity index (χ0v) is 19.1. The Balaban J connectivity index is 1.38. The number of rotatable bonds is 5. The van der Waals surface area contributed by atoms with Crippen molar-refractivity contribution in [2.24, 2.45) is 0 Å². The standard InChI is InChI=1S/C27H21F3N2O4/c1-32-18(15-35-26(32)34)12-16-6-9-19(10-7-16)36-24-11-8-17(14-22(24)27(28,29)30)13-21-20-4-2-3-5-23(20)31-25(21)33/h2-11,13-14,18H,12,15H2,1H3,(H,31,33)/b21-13+. The predicted molar refractivity (Wildman–Crippen MR) is 128 cm³/mol. The highest BCUT2D eigenvalue weighted by molar-refractivity contribution is 6.34. The number of ether oxygens (including phenoxy) is 2. The number of hydrogen-bond donors (Lipinski definition) is 1. The smallest absolute Gasteiger partial charge is 0.420 e. The Morgan fingerprint density at radius 3 is 2.53 bits per heavy atom. The van der Waals surface area contributed by atoms with Crippen LogP contribution in [0.15, 0.2) is 66.7 Å². The van der Waals surface area contributed by atoms with Crippen LogP contribution in [0.3, 0.4) is 0 Å². The highest BCUT2D eigenvalue weighted by Gasteiger charge is 2.35. The number of benzene rings is 3. The van der Waals surface area contributed by atoms with Crippen LogP contribution in [0.5, 0.6) is 11.5 Å². The largest absolute Gasteiger partial charge is 0.457 e. The molecule has 1 N–H and O–H groups in total. The summed E-state index contributed by atoms with van der Waals surface area (Å²) in [5.41, 5.74) is 1.72. The molecule has 3 aromatic carbocycles. The first-order valence-corrected chi connectivity index (χ1v) is 11.2. The molecule has 1 unspecified atom stereocenters. The molecule has 0 bridgehead atoms. The lowest BCUT2D eigenvalue weighted by atomic mass is 10.0. The van der Waals surface area contributed by atoms with Gasteiger partial charge in [-0.2, -0.15) is 13.2 Å². The van der Waals surface area contributed by atoms with Crippen molar-refractivity contribution in [1.29, 1.82) is 0 Å². The van der Waals surface area contributed by atoms with Crippen LogP contribution in [0.1, 0.15) is 22.3 Å². The number of cyclic esters (lactones) is 1. The number of carbonyl (C=O) groups is 2. The van der Waals surface area contributed by atoms with Gasteiger partial charge in [-0.05, 0) is 54.0 Å². The molecule has 2 amide bonds. The molecule has 2 aliphatic rings. The molecule has 6 nitrogen and oxygen atoms in total. The number of nitrogens with one attached hydrogen (secondary N) is 1. The molecule has 0 spiro atoms. The summed E-state index contributed by atoms with van der Waals surface area (Å²) < 4.78 is 52.3. The topological polar surface area (TPSA) is 67.9 Å². The number of likely N-dealkylation sites (N-methyl/N-ethyl adjacent to an activating group) is 1. The Labute approximate surface area is 204 Å².